The Morgan fingerprint density at radius 1 is 1.16 bits per heavy atom. The minimum atomic E-state index is 0.264. The fourth-order valence-electron chi connectivity index (χ4n) is 3.59. The first kappa shape index (κ1) is 16.9. The second kappa shape index (κ2) is 8.93. The molecule has 1 fully saturated rings. The molecular weight excluding hydrogens is 236 g/mol. The number of hydrogen-bond donors (Lipinski definition) is 2. The Balaban J connectivity index is 2.50. The molecule has 0 heterocycles. The summed E-state index contributed by atoms with van der Waals surface area (Å²) in [6.07, 6.45) is 9.82. The highest BCUT2D eigenvalue weighted by molar-refractivity contribution is 4.95. The molecule has 0 aromatic carbocycles. The molecular formula is C16H34N2O. The van der Waals surface area contributed by atoms with Gasteiger partial charge in [0.25, 0.3) is 0 Å². The summed E-state index contributed by atoms with van der Waals surface area (Å²) in [4.78, 5) is 2.62. The van der Waals surface area contributed by atoms with E-state index >= 15 is 0 Å². The number of nitrogens with two attached hydrogens (primary N) is 1. The molecule has 19 heavy (non-hydrogen) atoms. The van der Waals surface area contributed by atoms with E-state index in [-0.39, 0.29) is 5.54 Å². The Kier molecular flexibility index (Phi) is 7.96. The van der Waals surface area contributed by atoms with E-state index in [1.165, 1.54) is 38.5 Å². The summed E-state index contributed by atoms with van der Waals surface area (Å²) in [7, 11) is 0. The van der Waals surface area contributed by atoms with E-state index in [4.69, 9.17) is 10.8 Å². The van der Waals surface area contributed by atoms with Crippen LogP contribution in [0, 0.1) is 5.92 Å². The molecule has 1 saturated carbocycles. The van der Waals surface area contributed by atoms with Crippen LogP contribution in [0.5, 0.6) is 0 Å². The number of unbranched alkanes of at least 4 members (excludes halogenated alkanes) is 2. The fourth-order valence-corrected chi connectivity index (χ4v) is 3.59. The normalized spacial score (nSPS) is 27.9. The van der Waals surface area contributed by atoms with E-state index in [2.05, 4.69) is 18.7 Å². The maximum absolute atomic E-state index is 8.86. The van der Waals surface area contributed by atoms with Gasteiger partial charge in [-0.15, -0.1) is 0 Å². The molecule has 0 aromatic heterocycles. The van der Waals surface area contributed by atoms with Gasteiger partial charge in [-0.25, -0.2) is 0 Å². The molecule has 0 spiro atoms. The third-order valence-electron chi connectivity index (χ3n) is 5.13. The Hall–Kier alpha value is -0.120. The predicted octanol–water partition coefficient (Wildman–Crippen LogP) is 2.77. The summed E-state index contributed by atoms with van der Waals surface area (Å²) in [6, 6.07) is 0. The van der Waals surface area contributed by atoms with Crippen LogP contribution in [-0.4, -0.2) is 41.8 Å². The van der Waals surface area contributed by atoms with Gasteiger partial charge in [-0.2, -0.15) is 0 Å². The van der Waals surface area contributed by atoms with Crippen LogP contribution in [0.2, 0.25) is 0 Å². The van der Waals surface area contributed by atoms with Gasteiger partial charge in [0.15, 0.2) is 0 Å². The second-order valence-corrected chi connectivity index (χ2v) is 6.14. The number of hydrogen-bond acceptors (Lipinski definition) is 3. The van der Waals surface area contributed by atoms with Crippen LogP contribution in [0.15, 0.2) is 0 Å². The lowest BCUT2D eigenvalue weighted by Gasteiger charge is -2.47. The van der Waals surface area contributed by atoms with Crippen molar-refractivity contribution in [3.8, 4) is 0 Å². The third kappa shape index (κ3) is 4.73. The average molecular weight is 270 g/mol. The van der Waals surface area contributed by atoms with Crippen molar-refractivity contribution in [3.05, 3.63) is 0 Å². The molecule has 0 radical (unpaired) electrons. The van der Waals surface area contributed by atoms with Crippen LogP contribution < -0.4 is 5.73 Å². The maximum atomic E-state index is 8.86. The molecule has 1 rings (SSSR count). The van der Waals surface area contributed by atoms with E-state index in [0.29, 0.717) is 6.61 Å². The second-order valence-electron chi connectivity index (χ2n) is 6.14. The Morgan fingerprint density at radius 3 is 2.32 bits per heavy atom. The lowest BCUT2D eigenvalue weighted by atomic mass is 9.74. The van der Waals surface area contributed by atoms with Crippen LogP contribution in [0.4, 0.5) is 0 Å². The Morgan fingerprint density at radius 2 is 1.84 bits per heavy atom. The number of aliphatic hydroxyl groups is 1. The first-order valence-corrected chi connectivity index (χ1v) is 8.28. The average Bonchev–Trinajstić information content (AvgIpc) is 2.47. The Labute approximate surface area is 119 Å². The van der Waals surface area contributed by atoms with Gasteiger partial charge < -0.3 is 10.8 Å². The molecule has 114 valence electrons. The fraction of sp³-hybridized carbons (Fsp3) is 1.00. The van der Waals surface area contributed by atoms with Crippen molar-refractivity contribution >= 4 is 0 Å². The third-order valence-corrected chi connectivity index (χ3v) is 5.13. The van der Waals surface area contributed by atoms with Crippen LogP contribution >= 0.6 is 0 Å². The molecule has 3 N–H and O–H groups in total. The summed E-state index contributed by atoms with van der Waals surface area (Å²) in [5, 5.41) is 8.86. The van der Waals surface area contributed by atoms with Gasteiger partial charge in [-0.05, 0) is 64.0 Å². The van der Waals surface area contributed by atoms with Crippen molar-refractivity contribution in [2.45, 2.75) is 70.8 Å². The topological polar surface area (TPSA) is 49.5 Å². The van der Waals surface area contributed by atoms with E-state index in [1.54, 1.807) is 0 Å². The van der Waals surface area contributed by atoms with Crippen LogP contribution in [0.3, 0.4) is 0 Å². The van der Waals surface area contributed by atoms with E-state index < -0.39 is 0 Å². The molecule has 0 bridgehead atoms. The molecule has 0 saturated heterocycles. The standard InChI is InChI=1S/C16H34N2O/c1-3-15-8-10-16(14-17,11-9-15)18(4-2)12-6-5-7-13-19/h15,19H,3-14,17H2,1-2H3. The SMILES string of the molecule is CCC1CCC(CN)(N(CC)CCCCCO)CC1. The molecule has 0 unspecified atom stereocenters. The molecule has 1 aliphatic rings. The summed E-state index contributed by atoms with van der Waals surface area (Å²) in [5.41, 5.74) is 6.41. The monoisotopic (exact) mass is 270 g/mol. The van der Waals surface area contributed by atoms with E-state index in [9.17, 15) is 0 Å². The molecule has 0 amide bonds. The highest BCUT2D eigenvalue weighted by Crippen LogP contribution is 2.37. The lowest BCUT2D eigenvalue weighted by Crippen LogP contribution is -2.56. The summed E-state index contributed by atoms with van der Waals surface area (Å²) < 4.78 is 0. The summed E-state index contributed by atoms with van der Waals surface area (Å²) >= 11 is 0. The van der Waals surface area contributed by atoms with Crippen molar-refractivity contribution in [2.24, 2.45) is 11.7 Å². The van der Waals surface area contributed by atoms with E-state index in [1.807, 2.05) is 0 Å². The smallest absolute Gasteiger partial charge is 0.0431 e. The minimum absolute atomic E-state index is 0.264. The largest absolute Gasteiger partial charge is 0.396 e. The van der Waals surface area contributed by atoms with Crippen LogP contribution in [-0.2, 0) is 0 Å². The van der Waals surface area contributed by atoms with Gasteiger partial charge in [-0.1, -0.05) is 20.3 Å². The van der Waals surface area contributed by atoms with Gasteiger partial charge >= 0.3 is 0 Å². The van der Waals surface area contributed by atoms with Crippen molar-refractivity contribution < 1.29 is 5.11 Å². The van der Waals surface area contributed by atoms with Crippen molar-refractivity contribution in [1.29, 1.82) is 0 Å². The van der Waals surface area contributed by atoms with Crippen molar-refractivity contribution in [1.82, 2.24) is 4.90 Å². The van der Waals surface area contributed by atoms with Crippen molar-refractivity contribution in [2.75, 3.05) is 26.2 Å². The molecule has 3 nitrogen and oxygen atoms in total. The zero-order valence-corrected chi connectivity index (χ0v) is 13.0. The number of likely N-dealkylation sites (N-methyl/N-ethyl adjacent to an activating group) is 1. The Bertz CT molecular complexity index is 225. The van der Waals surface area contributed by atoms with Gasteiger partial charge in [-0.3, -0.25) is 4.90 Å². The highest BCUT2D eigenvalue weighted by atomic mass is 16.2. The number of aliphatic hydroxyl groups excluding tert-OH is 1. The quantitative estimate of drug-likeness (QED) is 0.633. The summed E-state index contributed by atoms with van der Waals surface area (Å²) in [6.45, 7) is 7.95. The lowest BCUT2D eigenvalue weighted by molar-refractivity contribution is 0.0441. The molecule has 0 atom stereocenters. The van der Waals surface area contributed by atoms with E-state index in [0.717, 1.165) is 38.4 Å². The van der Waals surface area contributed by atoms with Gasteiger partial charge in [0.2, 0.25) is 0 Å². The first-order valence-electron chi connectivity index (χ1n) is 8.28. The number of nitrogens with zero attached hydrogens (tertiary/aromatic N) is 1. The van der Waals surface area contributed by atoms with Gasteiger partial charge in [0, 0.05) is 18.7 Å². The van der Waals surface area contributed by atoms with Crippen LogP contribution in [0.1, 0.15) is 65.2 Å². The van der Waals surface area contributed by atoms with Gasteiger partial charge in [0.1, 0.15) is 0 Å². The maximum Gasteiger partial charge on any atom is 0.0431 e. The molecule has 1 aliphatic carbocycles. The molecule has 0 aliphatic heterocycles. The highest BCUT2D eigenvalue weighted by Gasteiger charge is 2.37. The predicted molar refractivity (Wildman–Crippen MR) is 82.2 cm³/mol. The summed E-state index contributed by atoms with van der Waals surface area (Å²) in [5.74, 6) is 0.924. The first-order chi connectivity index (χ1) is 9.22. The minimum Gasteiger partial charge on any atom is -0.396 e. The van der Waals surface area contributed by atoms with Crippen LogP contribution in [0.25, 0.3) is 0 Å². The molecule has 0 aromatic rings. The number of rotatable bonds is 9. The van der Waals surface area contributed by atoms with Gasteiger partial charge in [0.05, 0.1) is 0 Å². The van der Waals surface area contributed by atoms with Crippen molar-refractivity contribution in [3.63, 3.8) is 0 Å². The zero-order chi connectivity index (χ0) is 14.1. The zero-order valence-electron chi connectivity index (χ0n) is 13.0. The molecule has 3 heteroatoms.